The van der Waals surface area contributed by atoms with Gasteiger partial charge in [-0.05, 0) is 24.8 Å². The van der Waals surface area contributed by atoms with E-state index >= 15 is 0 Å². The standard InChI is InChI=1S/C34H42O15/c1-7-29-11-20-28(6,24(45-15(2)35)18-8-9-43-12-18)22(39)23(40)34(42)30-14-44-21(38)10-19(30)27(5)13-31(30,41)33(47-17(4)37,25(27)46-16(3)36)26(48-29)32(20,34)49-29/h8-9,12,19-20,22-26,39-42H,7,10-11,13-14H2,1-6H3. The fourth-order valence-corrected chi connectivity index (χ4v) is 12.6. The molecule has 8 rings (SSSR count). The number of furan rings is 1. The van der Waals surface area contributed by atoms with Crippen molar-refractivity contribution in [2.24, 2.45) is 28.1 Å². The monoisotopic (exact) mass is 690 g/mol. The van der Waals surface area contributed by atoms with Crippen LogP contribution in [0, 0.1) is 28.1 Å². The van der Waals surface area contributed by atoms with Crippen molar-refractivity contribution < 1.29 is 72.4 Å². The number of esters is 4. The van der Waals surface area contributed by atoms with Gasteiger partial charge >= 0.3 is 23.9 Å². The van der Waals surface area contributed by atoms with Crippen molar-refractivity contribution in [1.29, 1.82) is 0 Å². The van der Waals surface area contributed by atoms with Crippen molar-refractivity contribution >= 4 is 23.9 Å². The zero-order valence-corrected chi connectivity index (χ0v) is 28.1. The van der Waals surface area contributed by atoms with Crippen LogP contribution in [0.4, 0.5) is 0 Å². The maximum Gasteiger partial charge on any atom is 0.306 e. The van der Waals surface area contributed by atoms with Crippen molar-refractivity contribution in [2.45, 2.75) is 126 Å². The first-order chi connectivity index (χ1) is 22.8. The second-order valence-corrected chi connectivity index (χ2v) is 15.8. The highest BCUT2D eigenvalue weighted by atomic mass is 16.8. The van der Waals surface area contributed by atoms with E-state index in [-0.39, 0.29) is 25.7 Å². The van der Waals surface area contributed by atoms with E-state index in [4.69, 9.17) is 32.8 Å². The molecule has 4 heterocycles. The molecule has 0 aromatic carbocycles. The molecule has 2 spiro atoms. The minimum Gasteiger partial charge on any atom is -0.472 e. The quantitative estimate of drug-likeness (QED) is 0.237. The van der Waals surface area contributed by atoms with Gasteiger partial charge in [-0.3, -0.25) is 19.2 Å². The first-order valence-corrected chi connectivity index (χ1v) is 16.7. The van der Waals surface area contributed by atoms with E-state index < -0.39 is 117 Å². The first-order valence-electron chi connectivity index (χ1n) is 16.7. The van der Waals surface area contributed by atoms with Crippen molar-refractivity contribution in [1.82, 2.24) is 0 Å². The van der Waals surface area contributed by atoms with Gasteiger partial charge < -0.3 is 53.3 Å². The number of fused-ring (bicyclic) bond motifs is 4. The topological polar surface area (TPSA) is 218 Å². The molecule has 15 unspecified atom stereocenters. The summed E-state index contributed by atoms with van der Waals surface area (Å²) in [4.78, 5) is 52.0. The zero-order chi connectivity index (χ0) is 35.5. The van der Waals surface area contributed by atoms with E-state index in [2.05, 4.69) is 0 Å². The van der Waals surface area contributed by atoms with E-state index in [1.165, 1.54) is 26.4 Å². The summed E-state index contributed by atoms with van der Waals surface area (Å²) in [6.07, 6.45) is -6.15. The Morgan fingerprint density at radius 3 is 2.35 bits per heavy atom. The SMILES string of the molecule is CCC12CC3C(C)(C(OC(C)=O)c4ccoc4)C(O)C(O)C4(O)C3(O1)C(O2)C1(OC(C)=O)C(OC(C)=O)C2(C)CC1(O)C41COC(=O)CC21. The summed E-state index contributed by atoms with van der Waals surface area (Å²) in [5, 5.41) is 52.3. The molecule has 0 amide bonds. The highest BCUT2D eigenvalue weighted by molar-refractivity contribution is 5.74. The van der Waals surface area contributed by atoms with Crippen LogP contribution in [0.15, 0.2) is 23.0 Å². The third kappa shape index (κ3) is 3.16. The van der Waals surface area contributed by atoms with E-state index in [1.54, 1.807) is 26.8 Å². The maximum absolute atomic E-state index is 13.8. The van der Waals surface area contributed by atoms with E-state index in [0.29, 0.717) is 5.56 Å². The maximum atomic E-state index is 13.8. The molecule has 0 radical (unpaired) electrons. The van der Waals surface area contributed by atoms with Gasteiger partial charge in [0.1, 0.15) is 41.7 Å². The van der Waals surface area contributed by atoms with Crippen LogP contribution in [0.3, 0.4) is 0 Å². The molecule has 268 valence electrons. The van der Waals surface area contributed by atoms with Crippen molar-refractivity contribution in [3.63, 3.8) is 0 Å². The normalized spacial score (nSPS) is 53.3. The Balaban J connectivity index is 1.49. The molecular formula is C34H42O15. The number of aliphatic hydroxyl groups is 4. The molecule has 49 heavy (non-hydrogen) atoms. The smallest absolute Gasteiger partial charge is 0.306 e. The number of hydrogen-bond donors (Lipinski definition) is 4. The molecule has 7 aliphatic rings. The Morgan fingerprint density at radius 2 is 1.76 bits per heavy atom. The molecule has 4 N–H and O–H groups in total. The fraction of sp³-hybridized carbons (Fsp3) is 0.765. The minimum absolute atomic E-state index is 0.0111. The van der Waals surface area contributed by atoms with Gasteiger partial charge in [-0.2, -0.15) is 0 Å². The molecule has 15 heteroatoms. The van der Waals surface area contributed by atoms with Crippen LogP contribution in [-0.2, 0) is 47.6 Å². The van der Waals surface area contributed by atoms with Crippen LogP contribution in [-0.4, -0.2) is 104 Å². The summed E-state index contributed by atoms with van der Waals surface area (Å²) >= 11 is 0. The van der Waals surface area contributed by atoms with E-state index in [1.807, 2.05) is 0 Å². The van der Waals surface area contributed by atoms with Crippen LogP contribution < -0.4 is 0 Å². The summed E-state index contributed by atoms with van der Waals surface area (Å²) in [6, 6.07) is 1.55. The number of ether oxygens (including phenoxy) is 6. The fourth-order valence-electron chi connectivity index (χ4n) is 12.6. The Labute approximate surface area is 281 Å². The average molecular weight is 691 g/mol. The lowest BCUT2D eigenvalue weighted by molar-refractivity contribution is -0.450. The van der Waals surface area contributed by atoms with Crippen LogP contribution in [0.25, 0.3) is 0 Å². The predicted molar refractivity (Wildman–Crippen MR) is 157 cm³/mol. The summed E-state index contributed by atoms with van der Waals surface area (Å²) < 4.78 is 43.0. The number of hydrogen-bond acceptors (Lipinski definition) is 15. The molecule has 3 aliphatic heterocycles. The van der Waals surface area contributed by atoms with Gasteiger partial charge in [0.25, 0.3) is 0 Å². The second-order valence-electron chi connectivity index (χ2n) is 15.8. The molecule has 3 saturated heterocycles. The Hall–Kier alpha value is -3.08. The lowest BCUT2D eigenvalue weighted by atomic mass is 9.32. The lowest BCUT2D eigenvalue weighted by Gasteiger charge is -2.77. The van der Waals surface area contributed by atoms with Crippen molar-refractivity contribution in [3.8, 4) is 0 Å². The molecular weight excluding hydrogens is 648 g/mol. The van der Waals surface area contributed by atoms with Gasteiger partial charge in [0.15, 0.2) is 11.9 Å². The predicted octanol–water partition coefficient (Wildman–Crippen LogP) is 0.588. The Morgan fingerprint density at radius 1 is 1.04 bits per heavy atom. The molecule has 1 aromatic heterocycles. The third-order valence-electron chi connectivity index (χ3n) is 14.0. The van der Waals surface area contributed by atoms with Crippen molar-refractivity contribution in [3.05, 3.63) is 24.2 Å². The third-order valence-corrected chi connectivity index (χ3v) is 14.0. The largest absolute Gasteiger partial charge is 0.472 e. The van der Waals surface area contributed by atoms with Gasteiger partial charge in [0, 0.05) is 55.9 Å². The van der Waals surface area contributed by atoms with E-state index in [0.717, 1.165) is 6.92 Å². The molecule has 15 nitrogen and oxygen atoms in total. The Kier molecular flexibility index (Phi) is 6.36. The van der Waals surface area contributed by atoms with Gasteiger partial charge in [0.2, 0.25) is 5.60 Å². The average Bonchev–Trinajstić information content (AvgIpc) is 3.82. The number of rotatable bonds is 6. The lowest BCUT2D eigenvalue weighted by Crippen LogP contribution is -2.97. The second kappa shape index (κ2) is 9.42. The number of cyclic esters (lactones) is 1. The summed E-state index contributed by atoms with van der Waals surface area (Å²) in [5.74, 6) is -6.68. The van der Waals surface area contributed by atoms with Gasteiger partial charge in [-0.25, -0.2) is 0 Å². The summed E-state index contributed by atoms with van der Waals surface area (Å²) in [5.41, 5.74) is -14.2. The molecule has 4 saturated carbocycles. The Bertz CT molecular complexity index is 1660. The highest BCUT2D eigenvalue weighted by Gasteiger charge is 3.04. The van der Waals surface area contributed by atoms with Crippen LogP contribution in [0.5, 0.6) is 0 Å². The molecule has 1 aromatic rings. The molecule has 4 bridgehead atoms. The van der Waals surface area contributed by atoms with Crippen LogP contribution >= 0.6 is 0 Å². The zero-order valence-electron chi connectivity index (χ0n) is 28.1. The highest BCUT2D eigenvalue weighted by Crippen LogP contribution is 2.87. The van der Waals surface area contributed by atoms with Crippen LogP contribution in [0.1, 0.15) is 78.9 Å². The van der Waals surface area contributed by atoms with Gasteiger partial charge in [0.05, 0.1) is 24.0 Å². The molecule has 4 aliphatic carbocycles. The minimum atomic E-state index is -2.67. The van der Waals surface area contributed by atoms with Crippen LogP contribution in [0.2, 0.25) is 0 Å². The number of carbonyl (C=O) groups excluding carboxylic acids is 4. The molecule has 7 fully saturated rings. The first kappa shape index (κ1) is 33.1. The number of carbonyl (C=O) groups is 4. The molecule has 15 atom stereocenters. The summed E-state index contributed by atoms with van der Waals surface area (Å²) in [6.45, 7) is 7.87. The van der Waals surface area contributed by atoms with Gasteiger partial charge in [-0.15, -0.1) is 0 Å². The van der Waals surface area contributed by atoms with E-state index in [9.17, 15) is 39.6 Å². The van der Waals surface area contributed by atoms with Gasteiger partial charge in [-0.1, -0.05) is 20.8 Å². The van der Waals surface area contributed by atoms with Crippen molar-refractivity contribution in [2.75, 3.05) is 6.61 Å². The summed E-state index contributed by atoms with van der Waals surface area (Å²) in [7, 11) is 0. The number of aliphatic hydroxyl groups excluding tert-OH is 2.